The van der Waals surface area contributed by atoms with E-state index in [0.717, 1.165) is 0 Å². The molecule has 0 bridgehead atoms. The Morgan fingerprint density at radius 3 is 2.08 bits per heavy atom. The van der Waals surface area contributed by atoms with Crippen molar-refractivity contribution in [3.8, 4) is 5.75 Å². The minimum Gasteiger partial charge on any atom is -0.493 e. The average Bonchev–Trinajstić information content (AvgIpc) is 2.64. The zero-order chi connectivity index (χ0) is 19.1. The van der Waals surface area contributed by atoms with Crippen LogP contribution in [0.25, 0.3) is 0 Å². The Labute approximate surface area is 151 Å². The number of ether oxygens (including phenoxy) is 1. The smallest absolute Gasteiger partial charge is 0.336 e. The molecule has 3 N–H and O–H groups in total. The van der Waals surface area contributed by atoms with Gasteiger partial charge in [-0.3, -0.25) is 20.4 Å². The zero-order valence-corrected chi connectivity index (χ0v) is 14.5. The molecule has 26 heavy (non-hydrogen) atoms. The molecular formula is C19H20N2O5. The van der Waals surface area contributed by atoms with Crippen LogP contribution < -0.4 is 15.6 Å². The van der Waals surface area contributed by atoms with Gasteiger partial charge in [-0.2, -0.15) is 0 Å². The Bertz CT molecular complexity index is 800. The van der Waals surface area contributed by atoms with Crippen LogP contribution in [0.1, 0.15) is 44.9 Å². The Kier molecular flexibility index (Phi) is 6.32. The monoisotopic (exact) mass is 356 g/mol. The number of carbonyl (C=O) groups excluding carboxylic acids is 2. The summed E-state index contributed by atoms with van der Waals surface area (Å²) in [5.74, 6) is -1.43. The molecule has 7 nitrogen and oxygen atoms in total. The lowest BCUT2D eigenvalue weighted by molar-refractivity contribution is 0.0690. The van der Waals surface area contributed by atoms with Gasteiger partial charge in [-0.05, 0) is 42.3 Å². The van der Waals surface area contributed by atoms with Crippen molar-refractivity contribution < 1.29 is 24.2 Å². The minimum atomic E-state index is -1.22. The summed E-state index contributed by atoms with van der Waals surface area (Å²) < 4.78 is 5.54. The van der Waals surface area contributed by atoms with E-state index in [1.165, 1.54) is 18.2 Å². The van der Waals surface area contributed by atoms with Gasteiger partial charge in [0.2, 0.25) is 0 Å². The van der Waals surface area contributed by atoms with Gasteiger partial charge in [0.05, 0.1) is 17.7 Å². The number of carboxylic acid groups (broad SMARTS) is 1. The van der Waals surface area contributed by atoms with Crippen LogP contribution in [0, 0.1) is 5.92 Å². The normalized spacial score (nSPS) is 10.3. The summed E-state index contributed by atoms with van der Waals surface area (Å²) in [7, 11) is 0. The second-order valence-electron chi connectivity index (χ2n) is 5.99. The van der Waals surface area contributed by atoms with Crippen LogP contribution in [-0.4, -0.2) is 29.5 Å². The summed E-state index contributed by atoms with van der Waals surface area (Å²) in [5, 5.41) is 9.09. The molecule has 2 amide bonds. The number of rotatable bonds is 6. The molecule has 0 saturated carbocycles. The maximum atomic E-state index is 12.1. The standard InChI is InChI=1S/C19H20N2O5/c1-12(2)11-26-14-9-7-13(8-10-14)17(22)20-21-18(23)15-5-3-4-6-16(15)19(24)25/h3-10,12H,11H2,1-2H3,(H,20,22)(H,21,23)(H,24,25). The van der Waals surface area contributed by atoms with Gasteiger partial charge < -0.3 is 9.84 Å². The van der Waals surface area contributed by atoms with Crippen molar-refractivity contribution in [2.75, 3.05) is 6.61 Å². The molecule has 0 radical (unpaired) electrons. The van der Waals surface area contributed by atoms with Crippen molar-refractivity contribution in [3.05, 3.63) is 65.2 Å². The van der Waals surface area contributed by atoms with E-state index >= 15 is 0 Å². The second kappa shape index (κ2) is 8.66. The minimum absolute atomic E-state index is 0.0438. The number of carboxylic acids is 1. The highest BCUT2D eigenvalue weighted by molar-refractivity contribution is 6.05. The van der Waals surface area contributed by atoms with Gasteiger partial charge in [0.25, 0.3) is 11.8 Å². The van der Waals surface area contributed by atoms with Gasteiger partial charge in [-0.1, -0.05) is 26.0 Å². The SMILES string of the molecule is CC(C)COc1ccc(C(=O)NNC(=O)c2ccccc2C(=O)O)cc1. The first-order chi connectivity index (χ1) is 12.4. The van der Waals surface area contributed by atoms with E-state index in [0.29, 0.717) is 23.8 Å². The van der Waals surface area contributed by atoms with Crippen LogP contribution in [0.3, 0.4) is 0 Å². The molecule has 0 unspecified atom stereocenters. The number of carbonyl (C=O) groups is 3. The molecule has 7 heteroatoms. The van der Waals surface area contributed by atoms with Gasteiger partial charge >= 0.3 is 5.97 Å². The number of hydrogen-bond donors (Lipinski definition) is 3. The fourth-order valence-corrected chi connectivity index (χ4v) is 2.09. The van der Waals surface area contributed by atoms with E-state index in [1.807, 2.05) is 13.8 Å². The number of amides is 2. The Morgan fingerprint density at radius 1 is 0.923 bits per heavy atom. The summed E-state index contributed by atoms with van der Waals surface area (Å²) in [6.45, 7) is 4.64. The van der Waals surface area contributed by atoms with Crippen LogP contribution in [0.4, 0.5) is 0 Å². The van der Waals surface area contributed by atoms with Crippen LogP contribution in [-0.2, 0) is 0 Å². The number of aromatic carboxylic acids is 1. The summed E-state index contributed by atoms with van der Waals surface area (Å²) in [6.07, 6.45) is 0. The third-order valence-corrected chi connectivity index (χ3v) is 3.39. The van der Waals surface area contributed by atoms with Crippen LogP contribution in [0.2, 0.25) is 0 Å². The maximum absolute atomic E-state index is 12.1. The van der Waals surface area contributed by atoms with Crippen molar-refractivity contribution >= 4 is 17.8 Å². The quantitative estimate of drug-likeness (QED) is 0.690. The lowest BCUT2D eigenvalue weighted by atomic mass is 10.1. The van der Waals surface area contributed by atoms with Gasteiger partial charge in [-0.25, -0.2) is 4.79 Å². The summed E-state index contributed by atoms with van der Waals surface area (Å²) in [6, 6.07) is 12.2. The highest BCUT2D eigenvalue weighted by Gasteiger charge is 2.16. The predicted octanol–water partition coefficient (Wildman–Crippen LogP) is 2.49. The first-order valence-electron chi connectivity index (χ1n) is 8.04. The highest BCUT2D eigenvalue weighted by atomic mass is 16.5. The van der Waals surface area contributed by atoms with Crippen molar-refractivity contribution in [2.45, 2.75) is 13.8 Å². The first-order valence-corrected chi connectivity index (χ1v) is 8.04. The molecular weight excluding hydrogens is 336 g/mol. The fraction of sp³-hybridized carbons (Fsp3) is 0.211. The van der Waals surface area contributed by atoms with E-state index in [-0.39, 0.29) is 11.1 Å². The van der Waals surface area contributed by atoms with Crippen LogP contribution in [0.15, 0.2) is 48.5 Å². The van der Waals surface area contributed by atoms with Gasteiger partial charge in [0.1, 0.15) is 5.75 Å². The lowest BCUT2D eigenvalue weighted by Crippen LogP contribution is -2.42. The second-order valence-corrected chi connectivity index (χ2v) is 5.99. The van der Waals surface area contributed by atoms with E-state index < -0.39 is 17.8 Å². The Balaban J connectivity index is 1.96. The maximum Gasteiger partial charge on any atom is 0.336 e. The van der Waals surface area contributed by atoms with E-state index in [2.05, 4.69) is 10.9 Å². The Morgan fingerprint density at radius 2 is 1.50 bits per heavy atom. The largest absolute Gasteiger partial charge is 0.493 e. The van der Waals surface area contributed by atoms with Gasteiger partial charge in [-0.15, -0.1) is 0 Å². The molecule has 0 fully saturated rings. The Hall–Kier alpha value is -3.35. The molecule has 136 valence electrons. The lowest BCUT2D eigenvalue weighted by Gasteiger charge is -2.10. The molecule has 2 aromatic carbocycles. The molecule has 0 saturated heterocycles. The third kappa shape index (κ3) is 5.07. The van der Waals surface area contributed by atoms with Gasteiger partial charge in [0, 0.05) is 5.56 Å². The summed E-state index contributed by atoms with van der Waals surface area (Å²) in [5.41, 5.74) is 4.61. The first kappa shape index (κ1) is 19.0. The molecule has 0 spiro atoms. The number of nitrogens with one attached hydrogen (secondary N) is 2. The molecule has 0 aliphatic rings. The topological polar surface area (TPSA) is 105 Å². The molecule has 2 aromatic rings. The average molecular weight is 356 g/mol. The molecule has 0 heterocycles. The molecule has 0 aliphatic carbocycles. The highest BCUT2D eigenvalue weighted by Crippen LogP contribution is 2.13. The third-order valence-electron chi connectivity index (χ3n) is 3.39. The predicted molar refractivity (Wildman–Crippen MR) is 95.1 cm³/mol. The summed E-state index contributed by atoms with van der Waals surface area (Å²) >= 11 is 0. The van der Waals surface area contributed by atoms with Crippen LogP contribution >= 0.6 is 0 Å². The molecule has 0 aliphatic heterocycles. The summed E-state index contributed by atoms with van der Waals surface area (Å²) in [4.78, 5) is 35.3. The fourth-order valence-electron chi connectivity index (χ4n) is 2.09. The van der Waals surface area contributed by atoms with Crippen molar-refractivity contribution in [1.82, 2.24) is 10.9 Å². The van der Waals surface area contributed by atoms with Crippen molar-refractivity contribution in [3.63, 3.8) is 0 Å². The van der Waals surface area contributed by atoms with Crippen LogP contribution in [0.5, 0.6) is 5.75 Å². The zero-order valence-electron chi connectivity index (χ0n) is 14.5. The van der Waals surface area contributed by atoms with E-state index in [1.54, 1.807) is 30.3 Å². The molecule has 2 rings (SSSR count). The molecule has 0 aromatic heterocycles. The van der Waals surface area contributed by atoms with E-state index in [9.17, 15) is 14.4 Å². The number of hydrogen-bond acceptors (Lipinski definition) is 4. The van der Waals surface area contributed by atoms with Crippen molar-refractivity contribution in [2.24, 2.45) is 5.92 Å². The van der Waals surface area contributed by atoms with Crippen molar-refractivity contribution in [1.29, 1.82) is 0 Å². The number of hydrazine groups is 1. The van der Waals surface area contributed by atoms with Gasteiger partial charge in [0.15, 0.2) is 0 Å². The van der Waals surface area contributed by atoms with E-state index in [4.69, 9.17) is 9.84 Å². The number of benzene rings is 2. The molecule has 0 atom stereocenters.